The van der Waals surface area contributed by atoms with Gasteiger partial charge in [0.15, 0.2) is 0 Å². The third-order valence-electron chi connectivity index (χ3n) is 4.99. The van der Waals surface area contributed by atoms with E-state index in [1.807, 2.05) is 18.2 Å². The van der Waals surface area contributed by atoms with Gasteiger partial charge < -0.3 is 10.2 Å². The van der Waals surface area contributed by atoms with Crippen molar-refractivity contribution in [2.24, 2.45) is 5.92 Å². The van der Waals surface area contributed by atoms with E-state index >= 15 is 0 Å². The largest absolute Gasteiger partial charge is 0.349 e. The molecule has 5 heteroatoms. The second-order valence-corrected chi connectivity index (χ2v) is 7.01. The van der Waals surface area contributed by atoms with Crippen molar-refractivity contribution in [1.29, 1.82) is 0 Å². The molecule has 1 aliphatic rings. The summed E-state index contributed by atoms with van der Waals surface area (Å²) in [5.41, 5.74) is 1.54. The zero-order valence-corrected chi connectivity index (χ0v) is 15.0. The van der Waals surface area contributed by atoms with E-state index in [1.54, 1.807) is 43.3 Å². The third-order valence-corrected chi connectivity index (χ3v) is 4.99. The van der Waals surface area contributed by atoms with Crippen molar-refractivity contribution in [3.05, 3.63) is 71.5 Å². The highest BCUT2D eigenvalue weighted by atomic mass is 19.1. The van der Waals surface area contributed by atoms with Gasteiger partial charge in [-0.1, -0.05) is 30.3 Å². The van der Waals surface area contributed by atoms with Crippen LogP contribution in [0.2, 0.25) is 0 Å². The predicted octanol–water partition coefficient (Wildman–Crippen LogP) is 3.21. The molecule has 3 rings (SSSR count). The molecule has 1 saturated carbocycles. The molecule has 0 saturated heterocycles. The third kappa shape index (κ3) is 3.93. The summed E-state index contributed by atoms with van der Waals surface area (Å²) in [5.74, 6) is -0.651. The number of nitrogens with zero attached hydrogens (tertiary/aromatic N) is 1. The molecule has 0 radical (unpaired) electrons. The Hall–Kier alpha value is -2.69. The zero-order chi connectivity index (χ0) is 18.7. The minimum Gasteiger partial charge on any atom is -0.349 e. The molecule has 2 aromatic rings. The van der Waals surface area contributed by atoms with Gasteiger partial charge in [0.2, 0.25) is 5.91 Å². The van der Waals surface area contributed by atoms with Crippen molar-refractivity contribution in [2.75, 3.05) is 14.1 Å². The second kappa shape index (κ2) is 7.68. The Labute approximate surface area is 153 Å². The van der Waals surface area contributed by atoms with Gasteiger partial charge in [-0.25, -0.2) is 4.39 Å². The molecular formula is C21H23FN2O2. The molecule has 136 valence electrons. The molecule has 0 spiro atoms. The molecule has 1 N–H and O–H groups in total. The smallest absolute Gasteiger partial charge is 0.251 e. The van der Waals surface area contributed by atoms with Crippen LogP contribution in [-0.2, 0) is 4.79 Å². The van der Waals surface area contributed by atoms with Crippen LogP contribution in [0.25, 0.3) is 0 Å². The topological polar surface area (TPSA) is 49.4 Å². The Kier molecular flexibility index (Phi) is 5.35. The summed E-state index contributed by atoms with van der Waals surface area (Å²) in [6.45, 7) is 0. The number of rotatable bonds is 4. The van der Waals surface area contributed by atoms with Crippen molar-refractivity contribution in [1.82, 2.24) is 10.2 Å². The lowest BCUT2D eigenvalue weighted by atomic mass is 9.88. The minimum absolute atomic E-state index is 0.0356. The van der Waals surface area contributed by atoms with E-state index in [4.69, 9.17) is 0 Å². The maximum Gasteiger partial charge on any atom is 0.251 e. The van der Waals surface area contributed by atoms with E-state index in [0.29, 0.717) is 18.4 Å². The van der Waals surface area contributed by atoms with Crippen LogP contribution in [0.15, 0.2) is 54.6 Å². The van der Waals surface area contributed by atoms with Crippen LogP contribution in [0.1, 0.15) is 34.7 Å². The van der Waals surface area contributed by atoms with Gasteiger partial charge in [-0.2, -0.15) is 0 Å². The van der Waals surface area contributed by atoms with Crippen LogP contribution < -0.4 is 5.32 Å². The molecule has 1 aliphatic carbocycles. The average molecular weight is 354 g/mol. The maximum atomic E-state index is 13.3. The SMILES string of the molecule is CN(C)C(=O)[C@H]1C[C@@H](NC(=O)c2ccccc2)C[C@@H]1c1ccc(F)cc1. The first-order chi connectivity index (χ1) is 12.5. The molecule has 26 heavy (non-hydrogen) atoms. The Balaban J connectivity index is 1.78. The molecule has 0 aromatic heterocycles. The van der Waals surface area contributed by atoms with E-state index in [1.165, 1.54) is 12.1 Å². The first kappa shape index (κ1) is 18.1. The molecule has 0 aliphatic heterocycles. The predicted molar refractivity (Wildman–Crippen MR) is 98.3 cm³/mol. The Morgan fingerprint density at radius 1 is 1.00 bits per heavy atom. The summed E-state index contributed by atoms with van der Waals surface area (Å²) < 4.78 is 13.3. The molecule has 2 aromatic carbocycles. The maximum absolute atomic E-state index is 13.3. The minimum atomic E-state index is -0.295. The fourth-order valence-electron chi connectivity index (χ4n) is 3.70. The molecule has 0 heterocycles. The molecule has 1 fully saturated rings. The van der Waals surface area contributed by atoms with Gasteiger partial charge in [-0.15, -0.1) is 0 Å². The van der Waals surface area contributed by atoms with Crippen LogP contribution in [0.4, 0.5) is 4.39 Å². The van der Waals surface area contributed by atoms with Gasteiger partial charge in [-0.05, 0) is 48.6 Å². The van der Waals surface area contributed by atoms with Crippen LogP contribution in [0.5, 0.6) is 0 Å². The Morgan fingerprint density at radius 2 is 1.65 bits per heavy atom. The summed E-state index contributed by atoms with van der Waals surface area (Å²) in [4.78, 5) is 26.7. The second-order valence-electron chi connectivity index (χ2n) is 7.01. The standard InChI is InChI=1S/C21H23FN2O2/c1-24(2)21(26)19-13-17(23-20(25)15-6-4-3-5-7-15)12-18(19)14-8-10-16(22)11-9-14/h3-11,17-19H,12-13H2,1-2H3,(H,23,25)/t17-,18+,19-/m0/s1. The highest BCUT2D eigenvalue weighted by Crippen LogP contribution is 2.40. The Bertz CT molecular complexity index is 774. The summed E-state index contributed by atoms with van der Waals surface area (Å²) in [7, 11) is 3.47. The number of nitrogens with one attached hydrogen (secondary N) is 1. The van der Waals surface area contributed by atoms with Crippen LogP contribution in [0, 0.1) is 11.7 Å². The first-order valence-electron chi connectivity index (χ1n) is 8.78. The number of hydrogen-bond acceptors (Lipinski definition) is 2. The van der Waals surface area contributed by atoms with Crippen LogP contribution in [-0.4, -0.2) is 36.9 Å². The normalized spacial score (nSPS) is 22.0. The van der Waals surface area contributed by atoms with Crippen LogP contribution >= 0.6 is 0 Å². The monoisotopic (exact) mass is 354 g/mol. The highest BCUT2D eigenvalue weighted by molar-refractivity contribution is 5.94. The number of carbonyl (C=O) groups is 2. The molecule has 0 unspecified atom stereocenters. The summed E-state index contributed by atoms with van der Waals surface area (Å²) in [6, 6.07) is 15.3. The van der Waals surface area contributed by atoms with Crippen molar-refractivity contribution < 1.29 is 14.0 Å². The molecular weight excluding hydrogens is 331 g/mol. The number of hydrogen-bond donors (Lipinski definition) is 1. The highest BCUT2D eigenvalue weighted by Gasteiger charge is 2.40. The van der Waals surface area contributed by atoms with E-state index in [2.05, 4.69) is 5.32 Å². The number of halogens is 1. The Morgan fingerprint density at radius 3 is 2.27 bits per heavy atom. The van der Waals surface area contributed by atoms with Gasteiger partial charge in [0.25, 0.3) is 5.91 Å². The van der Waals surface area contributed by atoms with Crippen LogP contribution in [0.3, 0.4) is 0 Å². The van der Waals surface area contributed by atoms with Gasteiger partial charge in [0, 0.05) is 31.6 Å². The van der Waals surface area contributed by atoms with Crippen molar-refractivity contribution in [2.45, 2.75) is 24.8 Å². The molecule has 4 nitrogen and oxygen atoms in total. The number of amides is 2. The lowest BCUT2D eigenvalue weighted by molar-refractivity contribution is -0.133. The van der Waals surface area contributed by atoms with E-state index in [-0.39, 0.29) is 35.5 Å². The molecule has 0 bridgehead atoms. The van der Waals surface area contributed by atoms with Gasteiger partial charge in [0.1, 0.15) is 5.82 Å². The van der Waals surface area contributed by atoms with E-state index in [9.17, 15) is 14.0 Å². The van der Waals surface area contributed by atoms with Crippen molar-refractivity contribution >= 4 is 11.8 Å². The fourth-order valence-corrected chi connectivity index (χ4v) is 3.70. The van der Waals surface area contributed by atoms with Gasteiger partial charge in [-0.3, -0.25) is 9.59 Å². The molecule has 3 atom stereocenters. The lowest BCUT2D eigenvalue weighted by Crippen LogP contribution is -2.34. The summed E-state index contributed by atoms with van der Waals surface area (Å²) >= 11 is 0. The number of benzene rings is 2. The first-order valence-corrected chi connectivity index (χ1v) is 8.78. The zero-order valence-electron chi connectivity index (χ0n) is 15.0. The van der Waals surface area contributed by atoms with Gasteiger partial charge >= 0.3 is 0 Å². The van der Waals surface area contributed by atoms with Crippen molar-refractivity contribution in [3.8, 4) is 0 Å². The summed E-state index contributed by atoms with van der Waals surface area (Å²) in [6.07, 6.45) is 1.24. The van der Waals surface area contributed by atoms with E-state index < -0.39 is 0 Å². The van der Waals surface area contributed by atoms with Crippen molar-refractivity contribution in [3.63, 3.8) is 0 Å². The molecule has 2 amide bonds. The fraction of sp³-hybridized carbons (Fsp3) is 0.333. The average Bonchev–Trinajstić information content (AvgIpc) is 3.06. The quantitative estimate of drug-likeness (QED) is 0.917. The lowest BCUT2D eigenvalue weighted by Gasteiger charge is -2.22. The summed E-state index contributed by atoms with van der Waals surface area (Å²) in [5, 5.41) is 3.05. The van der Waals surface area contributed by atoms with E-state index in [0.717, 1.165) is 5.56 Å². The van der Waals surface area contributed by atoms with Gasteiger partial charge in [0.05, 0.1) is 0 Å². The number of carbonyl (C=O) groups excluding carboxylic acids is 2.